The largest absolute Gasteiger partial charge is 0.278 e. The van der Waals surface area contributed by atoms with Crippen molar-refractivity contribution in [3.8, 4) is 0 Å². The molecule has 0 fully saturated rings. The van der Waals surface area contributed by atoms with Crippen molar-refractivity contribution in [2.24, 2.45) is 5.11 Å². The number of hydrogen-bond donors (Lipinski definition) is 1. The topological polar surface area (TPSA) is 94.5 Å². The summed E-state index contributed by atoms with van der Waals surface area (Å²) in [5.41, 5.74) is 7.79. The van der Waals surface area contributed by atoms with Gasteiger partial charge in [0.2, 0.25) is 0 Å². The highest BCUT2D eigenvalue weighted by Crippen LogP contribution is 2.18. The normalized spacial score (nSPS) is 8.82. The zero-order valence-corrected chi connectivity index (χ0v) is 6.74. The van der Waals surface area contributed by atoms with Crippen LogP contribution in [0.5, 0.6) is 0 Å². The number of azide groups is 1. The molecule has 1 heterocycles. The minimum absolute atomic E-state index is 0.177. The highest BCUT2D eigenvalue weighted by atomic mass is 79.9. The Balaban J connectivity index is 3.38. The highest BCUT2D eigenvalue weighted by Gasteiger charge is 2.00. The van der Waals surface area contributed by atoms with E-state index in [1.54, 1.807) is 0 Å². The van der Waals surface area contributed by atoms with Crippen molar-refractivity contribution in [3.05, 3.63) is 31.5 Å². The van der Waals surface area contributed by atoms with Gasteiger partial charge in [0.05, 0.1) is 16.4 Å². The molecule has 1 N–H and O–H groups in total. The molecule has 6 nitrogen and oxygen atoms in total. The Bertz CT molecular complexity index is 365. The van der Waals surface area contributed by atoms with Crippen molar-refractivity contribution in [2.45, 2.75) is 0 Å². The molecule has 0 aromatic carbocycles. The van der Waals surface area contributed by atoms with E-state index in [2.05, 4.69) is 36.2 Å². The average molecular weight is 216 g/mol. The van der Waals surface area contributed by atoms with E-state index in [1.807, 2.05) is 0 Å². The van der Waals surface area contributed by atoms with Gasteiger partial charge in [-0.2, -0.15) is 5.10 Å². The zero-order valence-electron chi connectivity index (χ0n) is 5.15. The van der Waals surface area contributed by atoms with Crippen molar-refractivity contribution in [2.75, 3.05) is 0 Å². The monoisotopic (exact) mass is 215 g/mol. The number of H-pyrrole nitrogens is 1. The molecule has 7 heteroatoms. The van der Waals surface area contributed by atoms with E-state index in [0.717, 1.165) is 0 Å². The van der Waals surface area contributed by atoms with Crippen LogP contribution in [0.25, 0.3) is 10.4 Å². The quantitative estimate of drug-likeness (QED) is 0.437. The molecule has 56 valence electrons. The molecule has 0 amide bonds. The van der Waals surface area contributed by atoms with Gasteiger partial charge in [0.15, 0.2) is 0 Å². The van der Waals surface area contributed by atoms with Gasteiger partial charge in [-0.3, -0.25) is 4.79 Å². The molecular formula is C4H2BrN5O. The van der Waals surface area contributed by atoms with E-state index in [0.29, 0.717) is 0 Å². The van der Waals surface area contributed by atoms with Gasteiger partial charge in [-0.15, -0.1) is 0 Å². The van der Waals surface area contributed by atoms with Crippen molar-refractivity contribution >= 4 is 21.6 Å². The Morgan fingerprint density at radius 3 is 3.18 bits per heavy atom. The van der Waals surface area contributed by atoms with Crippen LogP contribution in [-0.4, -0.2) is 10.2 Å². The van der Waals surface area contributed by atoms with Crippen LogP contribution in [0.15, 0.2) is 20.6 Å². The van der Waals surface area contributed by atoms with Gasteiger partial charge in [0.1, 0.15) is 0 Å². The Labute approximate surface area is 69.0 Å². The fourth-order valence-electron chi connectivity index (χ4n) is 0.492. The lowest BCUT2D eigenvalue weighted by Crippen LogP contribution is -2.07. The predicted octanol–water partition coefficient (Wildman–Crippen LogP) is 1.47. The summed E-state index contributed by atoms with van der Waals surface area (Å²) < 4.78 is 0.185. The number of nitrogens with zero attached hydrogens (tertiary/aromatic N) is 4. The van der Waals surface area contributed by atoms with Crippen LogP contribution in [0.4, 0.5) is 5.69 Å². The molecule has 0 saturated heterocycles. The fraction of sp³-hybridized carbons (Fsp3) is 0. The average Bonchev–Trinajstić information content (AvgIpc) is 1.99. The first-order chi connectivity index (χ1) is 5.25. The Morgan fingerprint density at radius 2 is 2.55 bits per heavy atom. The van der Waals surface area contributed by atoms with Gasteiger partial charge < -0.3 is 0 Å². The second kappa shape index (κ2) is 3.18. The molecule has 0 aliphatic carbocycles. The van der Waals surface area contributed by atoms with Gasteiger partial charge >= 0.3 is 0 Å². The fourth-order valence-corrected chi connectivity index (χ4v) is 0.762. The number of nitrogens with one attached hydrogen (secondary N) is 1. The lowest BCUT2D eigenvalue weighted by atomic mass is 10.5. The minimum Gasteiger partial charge on any atom is -0.267 e. The smallest absolute Gasteiger partial charge is 0.267 e. The number of aromatic amines is 1. The summed E-state index contributed by atoms with van der Waals surface area (Å²) in [6, 6.07) is 0. The first kappa shape index (κ1) is 7.77. The molecule has 0 atom stereocenters. The van der Waals surface area contributed by atoms with Crippen molar-refractivity contribution in [1.29, 1.82) is 0 Å². The molecule has 0 aliphatic rings. The van der Waals surface area contributed by atoms with Gasteiger partial charge in [0.25, 0.3) is 5.56 Å². The maximum atomic E-state index is 10.8. The molecule has 0 saturated carbocycles. The second-order valence-electron chi connectivity index (χ2n) is 1.59. The molecule has 1 aromatic heterocycles. The Kier molecular flexibility index (Phi) is 2.25. The Hall–Kier alpha value is -1.33. The second-order valence-corrected chi connectivity index (χ2v) is 2.38. The van der Waals surface area contributed by atoms with E-state index in [9.17, 15) is 4.79 Å². The van der Waals surface area contributed by atoms with Crippen LogP contribution in [-0.2, 0) is 0 Å². The molecule has 0 bridgehead atoms. The van der Waals surface area contributed by atoms with E-state index < -0.39 is 5.56 Å². The number of hydrogen-bond acceptors (Lipinski definition) is 3. The first-order valence-electron chi connectivity index (χ1n) is 2.54. The molecule has 0 unspecified atom stereocenters. The molecule has 0 aliphatic heterocycles. The van der Waals surface area contributed by atoms with Crippen LogP contribution in [0.2, 0.25) is 0 Å². The minimum atomic E-state index is -0.421. The van der Waals surface area contributed by atoms with Crippen molar-refractivity contribution < 1.29 is 0 Å². The molecule has 0 radical (unpaired) electrons. The Morgan fingerprint density at radius 1 is 1.82 bits per heavy atom. The van der Waals surface area contributed by atoms with Crippen LogP contribution >= 0.6 is 15.9 Å². The first-order valence-corrected chi connectivity index (χ1v) is 3.33. The number of aromatic nitrogens is 2. The zero-order chi connectivity index (χ0) is 8.27. The predicted molar refractivity (Wildman–Crippen MR) is 41.4 cm³/mol. The van der Waals surface area contributed by atoms with E-state index in [1.165, 1.54) is 6.20 Å². The van der Waals surface area contributed by atoms with Crippen LogP contribution in [0.3, 0.4) is 0 Å². The van der Waals surface area contributed by atoms with Gasteiger partial charge in [0, 0.05) is 4.91 Å². The third kappa shape index (κ3) is 1.57. The summed E-state index contributed by atoms with van der Waals surface area (Å²) in [4.78, 5) is 13.3. The third-order valence-corrected chi connectivity index (χ3v) is 1.70. The summed E-state index contributed by atoms with van der Waals surface area (Å²) >= 11 is 2.93. The van der Waals surface area contributed by atoms with Crippen LogP contribution in [0, 0.1) is 0 Å². The summed E-state index contributed by atoms with van der Waals surface area (Å²) in [6.45, 7) is 0. The molecule has 0 spiro atoms. The van der Waals surface area contributed by atoms with Gasteiger partial charge in [-0.25, -0.2) is 5.10 Å². The van der Waals surface area contributed by atoms with Crippen molar-refractivity contribution in [1.82, 2.24) is 10.2 Å². The highest BCUT2D eigenvalue weighted by molar-refractivity contribution is 9.10. The van der Waals surface area contributed by atoms with E-state index >= 15 is 0 Å². The third-order valence-electron chi connectivity index (χ3n) is 0.930. The number of rotatable bonds is 1. The molecule has 1 rings (SSSR count). The summed E-state index contributed by atoms with van der Waals surface area (Å²) in [5.74, 6) is 0. The maximum absolute atomic E-state index is 10.8. The van der Waals surface area contributed by atoms with Gasteiger partial charge in [-0.05, 0) is 21.5 Å². The van der Waals surface area contributed by atoms with Crippen molar-refractivity contribution in [3.63, 3.8) is 0 Å². The van der Waals surface area contributed by atoms with E-state index in [-0.39, 0.29) is 10.2 Å². The summed E-state index contributed by atoms with van der Waals surface area (Å²) in [5, 5.41) is 8.81. The standard InChI is InChI=1S/C4H2BrN5O/c5-3-2(8-10-6)1-7-9-4(3)11/h1H,(H,9,11). The van der Waals surface area contributed by atoms with Crippen LogP contribution in [0.1, 0.15) is 0 Å². The number of halogens is 1. The lowest BCUT2D eigenvalue weighted by molar-refractivity contribution is 0.976. The molecule has 1 aromatic rings. The van der Waals surface area contributed by atoms with Gasteiger partial charge in [-0.1, -0.05) is 5.11 Å². The van der Waals surface area contributed by atoms with E-state index in [4.69, 9.17) is 5.53 Å². The molecular weight excluding hydrogens is 214 g/mol. The SMILES string of the molecule is [N-]=[N+]=Nc1cn[nH]c(=O)c1Br. The van der Waals surface area contributed by atoms with Crippen LogP contribution < -0.4 is 5.56 Å². The lowest BCUT2D eigenvalue weighted by Gasteiger charge is -1.90. The summed E-state index contributed by atoms with van der Waals surface area (Å²) in [6.07, 6.45) is 1.26. The maximum Gasteiger partial charge on any atom is 0.278 e. The molecule has 11 heavy (non-hydrogen) atoms. The summed E-state index contributed by atoms with van der Waals surface area (Å²) in [7, 11) is 0.